The van der Waals surface area contributed by atoms with Gasteiger partial charge in [0, 0.05) is 62.9 Å². The van der Waals surface area contributed by atoms with E-state index in [0.717, 1.165) is 37.2 Å². The van der Waals surface area contributed by atoms with Crippen LogP contribution in [-0.2, 0) is 4.79 Å². The number of hydrogen-bond acceptors (Lipinski definition) is 5. The monoisotopic (exact) mass is 426 g/mol. The number of aromatic hydroxyl groups is 1. The van der Waals surface area contributed by atoms with Crippen molar-refractivity contribution in [1.29, 1.82) is 0 Å². The van der Waals surface area contributed by atoms with Crippen molar-refractivity contribution in [2.24, 2.45) is 5.92 Å². The van der Waals surface area contributed by atoms with Crippen LogP contribution in [0.5, 0.6) is 17.2 Å². The third-order valence-electron chi connectivity index (χ3n) is 6.10. The molecule has 2 aromatic carbocycles. The van der Waals surface area contributed by atoms with Gasteiger partial charge in [-0.1, -0.05) is 19.1 Å². The van der Waals surface area contributed by atoms with Crippen LogP contribution >= 0.6 is 0 Å². The molecule has 0 saturated carbocycles. The third-order valence-corrected chi connectivity index (χ3v) is 6.10. The Bertz CT molecular complexity index is 895. The first-order valence-corrected chi connectivity index (χ1v) is 10.8. The summed E-state index contributed by atoms with van der Waals surface area (Å²) in [6.07, 6.45) is 2.46. The maximum Gasteiger partial charge on any atom is 0.223 e. The first-order chi connectivity index (χ1) is 14.8. The number of carbonyl (C=O) groups is 1. The Morgan fingerprint density at radius 2 is 1.90 bits per heavy atom. The molecule has 0 bridgehead atoms. The van der Waals surface area contributed by atoms with Gasteiger partial charge in [-0.05, 0) is 36.5 Å². The second kappa shape index (κ2) is 9.94. The number of likely N-dealkylation sites (tertiary alicyclic amines) is 1. The lowest BCUT2D eigenvalue weighted by Gasteiger charge is -2.32. The van der Waals surface area contributed by atoms with E-state index in [0.29, 0.717) is 23.0 Å². The quantitative estimate of drug-likeness (QED) is 0.717. The normalized spacial score (nSPS) is 17.2. The van der Waals surface area contributed by atoms with Crippen molar-refractivity contribution in [3.63, 3.8) is 0 Å². The molecule has 0 spiro atoms. The molecule has 1 aliphatic rings. The number of amides is 1. The average Bonchev–Trinajstić information content (AvgIpc) is 2.77. The van der Waals surface area contributed by atoms with Crippen LogP contribution in [0.2, 0.25) is 0 Å². The standard InChI is InChI=1S/C25H34N2O4/c1-17-7-6-12-27(16-17)24(29)15-21(18-8-10-19(11-9-18)26(2)3)25-22(28)13-20(30-4)14-23(25)31-5/h8-11,13-14,17,21,28H,6-7,12,15-16H2,1-5H3/t17-,21+/m0/s1. The van der Waals surface area contributed by atoms with E-state index >= 15 is 0 Å². The van der Waals surface area contributed by atoms with Crippen LogP contribution in [0.25, 0.3) is 0 Å². The zero-order valence-electron chi connectivity index (χ0n) is 19.2. The fraction of sp³-hybridized carbons (Fsp3) is 0.480. The number of ether oxygens (including phenoxy) is 2. The maximum atomic E-state index is 13.3. The summed E-state index contributed by atoms with van der Waals surface area (Å²) < 4.78 is 10.9. The van der Waals surface area contributed by atoms with Crippen LogP contribution in [0, 0.1) is 5.92 Å². The van der Waals surface area contributed by atoms with Gasteiger partial charge in [0.1, 0.15) is 17.2 Å². The van der Waals surface area contributed by atoms with Crippen LogP contribution in [-0.4, -0.2) is 57.3 Å². The summed E-state index contributed by atoms with van der Waals surface area (Å²) >= 11 is 0. The highest BCUT2D eigenvalue weighted by atomic mass is 16.5. The van der Waals surface area contributed by atoms with Crippen molar-refractivity contribution in [2.75, 3.05) is 46.3 Å². The SMILES string of the molecule is COc1cc(O)c([C@H](CC(=O)N2CCC[C@H](C)C2)c2ccc(N(C)C)cc2)c(OC)c1. The molecule has 1 heterocycles. The summed E-state index contributed by atoms with van der Waals surface area (Å²) in [5.74, 6) is 1.37. The van der Waals surface area contributed by atoms with E-state index in [1.807, 2.05) is 48.2 Å². The maximum absolute atomic E-state index is 13.3. The molecule has 1 amide bonds. The van der Waals surface area contributed by atoms with Crippen molar-refractivity contribution < 1.29 is 19.4 Å². The smallest absolute Gasteiger partial charge is 0.223 e. The van der Waals surface area contributed by atoms with Crippen LogP contribution in [0.4, 0.5) is 5.69 Å². The van der Waals surface area contributed by atoms with E-state index < -0.39 is 0 Å². The number of phenols is 1. The Balaban J connectivity index is 2.01. The summed E-state index contributed by atoms with van der Waals surface area (Å²) in [7, 11) is 7.10. The summed E-state index contributed by atoms with van der Waals surface area (Å²) in [6.45, 7) is 3.77. The van der Waals surface area contributed by atoms with Crippen molar-refractivity contribution in [1.82, 2.24) is 4.90 Å². The second-order valence-electron chi connectivity index (χ2n) is 8.59. The molecule has 2 aromatic rings. The predicted molar refractivity (Wildman–Crippen MR) is 123 cm³/mol. The van der Waals surface area contributed by atoms with Crippen molar-refractivity contribution >= 4 is 11.6 Å². The fourth-order valence-corrected chi connectivity index (χ4v) is 4.34. The van der Waals surface area contributed by atoms with Crippen LogP contribution in [0.1, 0.15) is 43.2 Å². The number of rotatable bonds is 7. The Morgan fingerprint density at radius 1 is 1.19 bits per heavy atom. The van der Waals surface area contributed by atoms with Gasteiger partial charge in [-0.25, -0.2) is 0 Å². The third kappa shape index (κ3) is 5.24. The molecule has 1 N–H and O–H groups in total. The summed E-state index contributed by atoms with van der Waals surface area (Å²) in [6, 6.07) is 11.4. The molecule has 0 unspecified atom stereocenters. The van der Waals surface area contributed by atoms with Crippen molar-refractivity contribution in [3.8, 4) is 17.2 Å². The molecule has 0 radical (unpaired) electrons. The molecule has 6 heteroatoms. The van der Waals surface area contributed by atoms with Gasteiger partial charge < -0.3 is 24.4 Å². The number of phenolic OH excluding ortho intramolecular Hbond substituents is 1. The largest absolute Gasteiger partial charge is 0.507 e. The lowest BCUT2D eigenvalue weighted by molar-refractivity contribution is -0.133. The van der Waals surface area contributed by atoms with E-state index in [-0.39, 0.29) is 24.0 Å². The Morgan fingerprint density at radius 3 is 2.48 bits per heavy atom. The van der Waals surface area contributed by atoms with Gasteiger partial charge in [0.25, 0.3) is 0 Å². The molecular formula is C25H34N2O4. The minimum Gasteiger partial charge on any atom is -0.507 e. The summed E-state index contributed by atoms with van der Waals surface area (Å²) in [4.78, 5) is 17.3. The molecule has 0 aromatic heterocycles. The van der Waals surface area contributed by atoms with E-state index in [1.54, 1.807) is 26.4 Å². The van der Waals surface area contributed by atoms with Gasteiger partial charge >= 0.3 is 0 Å². The minimum absolute atomic E-state index is 0.0673. The Hall–Kier alpha value is -2.89. The van der Waals surface area contributed by atoms with Gasteiger partial charge in [0.2, 0.25) is 5.91 Å². The molecule has 1 saturated heterocycles. The fourth-order valence-electron chi connectivity index (χ4n) is 4.34. The van der Waals surface area contributed by atoms with Crippen molar-refractivity contribution in [2.45, 2.75) is 32.1 Å². The number of methoxy groups -OCH3 is 2. The summed E-state index contributed by atoms with van der Waals surface area (Å²) in [5.41, 5.74) is 2.65. The number of benzene rings is 2. The highest BCUT2D eigenvalue weighted by Crippen LogP contribution is 2.43. The number of carbonyl (C=O) groups excluding carboxylic acids is 1. The molecule has 168 valence electrons. The second-order valence-corrected chi connectivity index (χ2v) is 8.59. The number of nitrogens with zero attached hydrogens (tertiary/aromatic N) is 2. The average molecular weight is 427 g/mol. The highest BCUT2D eigenvalue weighted by molar-refractivity contribution is 5.78. The van der Waals surface area contributed by atoms with E-state index in [2.05, 4.69) is 6.92 Å². The number of anilines is 1. The first kappa shape index (κ1) is 22.8. The highest BCUT2D eigenvalue weighted by Gasteiger charge is 2.29. The molecule has 2 atom stereocenters. The van der Waals surface area contributed by atoms with Crippen LogP contribution < -0.4 is 14.4 Å². The topological polar surface area (TPSA) is 62.2 Å². The van der Waals surface area contributed by atoms with E-state index in [4.69, 9.17) is 9.47 Å². The van der Waals surface area contributed by atoms with E-state index in [9.17, 15) is 9.90 Å². The molecule has 0 aliphatic carbocycles. The molecule has 31 heavy (non-hydrogen) atoms. The zero-order valence-corrected chi connectivity index (χ0v) is 19.2. The van der Waals surface area contributed by atoms with Crippen LogP contribution in [0.15, 0.2) is 36.4 Å². The van der Waals surface area contributed by atoms with Gasteiger partial charge in [0.05, 0.1) is 14.2 Å². The lowest BCUT2D eigenvalue weighted by Crippen LogP contribution is -2.39. The molecule has 1 aliphatic heterocycles. The zero-order chi connectivity index (χ0) is 22.5. The van der Waals surface area contributed by atoms with Gasteiger partial charge in [-0.15, -0.1) is 0 Å². The molecule has 3 rings (SSSR count). The first-order valence-electron chi connectivity index (χ1n) is 10.8. The number of piperidine rings is 1. The Kier molecular flexibility index (Phi) is 7.31. The van der Waals surface area contributed by atoms with Crippen molar-refractivity contribution in [3.05, 3.63) is 47.5 Å². The molecule has 1 fully saturated rings. The van der Waals surface area contributed by atoms with E-state index in [1.165, 1.54) is 0 Å². The van der Waals surface area contributed by atoms with Gasteiger partial charge in [-0.2, -0.15) is 0 Å². The molecular weight excluding hydrogens is 392 g/mol. The van der Waals surface area contributed by atoms with Crippen LogP contribution in [0.3, 0.4) is 0 Å². The van der Waals surface area contributed by atoms with Gasteiger partial charge in [0.15, 0.2) is 0 Å². The summed E-state index contributed by atoms with van der Waals surface area (Å²) in [5, 5.41) is 10.9. The number of hydrogen-bond donors (Lipinski definition) is 1. The predicted octanol–water partition coefficient (Wildman–Crippen LogP) is 4.26. The minimum atomic E-state index is -0.332. The molecule has 6 nitrogen and oxygen atoms in total. The van der Waals surface area contributed by atoms with Gasteiger partial charge in [-0.3, -0.25) is 4.79 Å². The Labute approximate surface area is 185 Å². The lowest BCUT2D eigenvalue weighted by atomic mass is 9.86.